The predicted octanol–water partition coefficient (Wildman–Crippen LogP) is 0.962. The summed E-state index contributed by atoms with van der Waals surface area (Å²) in [7, 11) is 1.27. The summed E-state index contributed by atoms with van der Waals surface area (Å²) >= 11 is 0. The molecule has 0 atom stereocenters. The molecule has 1 aromatic rings. The first-order chi connectivity index (χ1) is 6.27. The van der Waals surface area contributed by atoms with E-state index in [1.54, 1.807) is 0 Å². The van der Waals surface area contributed by atoms with Gasteiger partial charge in [0.05, 0.1) is 13.4 Å². The standard InChI is InChI=1S/C8H7NO4/c1-12-8(11)4-7-6(9-5-10)2-3-13-7/h2-3H,4H2,1H3. The van der Waals surface area contributed by atoms with E-state index in [2.05, 4.69) is 9.73 Å². The molecule has 0 aliphatic rings. The van der Waals surface area contributed by atoms with Gasteiger partial charge in [0.1, 0.15) is 17.9 Å². The molecule has 0 saturated carbocycles. The van der Waals surface area contributed by atoms with Gasteiger partial charge in [-0.1, -0.05) is 0 Å². The Morgan fingerprint density at radius 2 is 2.54 bits per heavy atom. The molecule has 5 nitrogen and oxygen atoms in total. The maximum atomic E-state index is 10.8. The lowest BCUT2D eigenvalue weighted by molar-refractivity contribution is -0.140. The van der Waals surface area contributed by atoms with Crippen molar-refractivity contribution in [3.8, 4) is 0 Å². The number of methoxy groups -OCH3 is 1. The van der Waals surface area contributed by atoms with Crippen molar-refractivity contribution in [1.29, 1.82) is 0 Å². The minimum absolute atomic E-state index is 0.0377. The Labute approximate surface area is 74.0 Å². The van der Waals surface area contributed by atoms with E-state index in [9.17, 15) is 9.59 Å². The number of aliphatic imine (C=N–C) groups is 1. The number of rotatable bonds is 3. The average molecular weight is 181 g/mol. The average Bonchev–Trinajstić information content (AvgIpc) is 2.54. The molecule has 0 aromatic carbocycles. The van der Waals surface area contributed by atoms with Gasteiger partial charge in [0.2, 0.25) is 6.08 Å². The Morgan fingerprint density at radius 3 is 3.15 bits per heavy atom. The van der Waals surface area contributed by atoms with E-state index in [1.165, 1.54) is 25.5 Å². The zero-order chi connectivity index (χ0) is 9.68. The Bertz CT molecular complexity index is 349. The van der Waals surface area contributed by atoms with Gasteiger partial charge in [0, 0.05) is 6.07 Å². The third kappa shape index (κ3) is 2.28. The van der Waals surface area contributed by atoms with Gasteiger partial charge in [0.25, 0.3) is 0 Å². The Hall–Kier alpha value is -1.87. The van der Waals surface area contributed by atoms with Crippen molar-refractivity contribution in [1.82, 2.24) is 0 Å². The molecule has 13 heavy (non-hydrogen) atoms. The van der Waals surface area contributed by atoms with E-state index in [0.717, 1.165) is 0 Å². The van der Waals surface area contributed by atoms with Crippen molar-refractivity contribution >= 4 is 17.7 Å². The maximum Gasteiger partial charge on any atom is 0.313 e. The molecular formula is C8H7NO4. The number of hydrogen-bond donors (Lipinski definition) is 0. The van der Waals surface area contributed by atoms with E-state index < -0.39 is 5.97 Å². The Kier molecular flexibility index (Phi) is 3.00. The van der Waals surface area contributed by atoms with Crippen molar-refractivity contribution in [2.45, 2.75) is 6.42 Å². The van der Waals surface area contributed by atoms with Gasteiger partial charge < -0.3 is 9.15 Å². The van der Waals surface area contributed by atoms with Crippen LogP contribution in [0.5, 0.6) is 0 Å². The normalized spacial score (nSPS) is 9.00. The van der Waals surface area contributed by atoms with Crippen molar-refractivity contribution in [3.63, 3.8) is 0 Å². The highest BCUT2D eigenvalue weighted by atomic mass is 16.5. The molecule has 0 saturated heterocycles. The summed E-state index contributed by atoms with van der Waals surface area (Å²) in [6.45, 7) is 0. The quantitative estimate of drug-likeness (QED) is 0.395. The van der Waals surface area contributed by atoms with Gasteiger partial charge in [-0.3, -0.25) is 4.79 Å². The van der Waals surface area contributed by atoms with Crippen molar-refractivity contribution in [3.05, 3.63) is 18.1 Å². The first kappa shape index (κ1) is 9.22. The highest BCUT2D eigenvalue weighted by Gasteiger charge is 2.10. The topological polar surface area (TPSA) is 68.9 Å². The number of nitrogens with zero attached hydrogens (tertiary/aromatic N) is 1. The molecule has 0 amide bonds. The lowest BCUT2D eigenvalue weighted by atomic mass is 10.3. The van der Waals surface area contributed by atoms with Gasteiger partial charge in [-0.25, -0.2) is 4.79 Å². The smallest absolute Gasteiger partial charge is 0.313 e. The van der Waals surface area contributed by atoms with Crippen LogP contribution in [0.4, 0.5) is 5.69 Å². The number of ether oxygens (including phenoxy) is 1. The number of carbonyl (C=O) groups excluding carboxylic acids is 2. The molecule has 1 rings (SSSR count). The third-order valence-electron chi connectivity index (χ3n) is 1.42. The van der Waals surface area contributed by atoms with Crippen molar-refractivity contribution in [2.75, 3.05) is 7.11 Å². The van der Waals surface area contributed by atoms with E-state index in [-0.39, 0.29) is 6.42 Å². The number of esters is 1. The van der Waals surface area contributed by atoms with Crippen LogP contribution in [0.2, 0.25) is 0 Å². The molecule has 0 radical (unpaired) electrons. The van der Waals surface area contributed by atoms with Crippen LogP contribution in [0.3, 0.4) is 0 Å². The lowest BCUT2D eigenvalue weighted by Crippen LogP contribution is -2.03. The van der Waals surface area contributed by atoms with Crippen molar-refractivity contribution in [2.24, 2.45) is 4.99 Å². The predicted molar refractivity (Wildman–Crippen MR) is 42.2 cm³/mol. The van der Waals surface area contributed by atoms with Gasteiger partial charge in [-0.15, -0.1) is 0 Å². The number of hydrogen-bond acceptors (Lipinski definition) is 5. The van der Waals surface area contributed by atoms with Crippen LogP contribution in [-0.2, 0) is 20.7 Å². The molecule has 68 valence electrons. The van der Waals surface area contributed by atoms with Gasteiger partial charge in [-0.2, -0.15) is 4.99 Å². The molecule has 0 unspecified atom stereocenters. The summed E-state index contributed by atoms with van der Waals surface area (Å²) in [5.41, 5.74) is 0.306. The monoisotopic (exact) mass is 181 g/mol. The van der Waals surface area contributed by atoms with Crippen LogP contribution in [0.15, 0.2) is 21.7 Å². The van der Waals surface area contributed by atoms with Gasteiger partial charge >= 0.3 is 5.97 Å². The number of furan rings is 1. The van der Waals surface area contributed by atoms with Gasteiger partial charge in [-0.05, 0) is 0 Å². The molecule has 1 heterocycles. The number of carbonyl (C=O) groups is 1. The van der Waals surface area contributed by atoms with Crippen LogP contribution in [0.25, 0.3) is 0 Å². The summed E-state index contributed by atoms with van der Waals surface area (Å²) in [6, 6.07) is 1.48. The second-order valence-electron chi connectivity index (χ2n) is 2.19. The molecule has 0 spiro atoms. The second kappa shape index (κ2) is 4.23. The van der Waals surface area contributed by atoms with Crippen LogP contribution in [-0.4, -0.2) is 19.2 Å². The second-order valence-corrected chi connectivity index (χ2v) is 2.19. The molecule has 0 N–H and O–H groups in total. The molecule has 5 heteroatoms. The Balaban J connectivity index is 2.82. The summed E-state index contributed by atoms with van der Waals surface area (Å²) in [5.74, 6) is -0.146. The fourth-order valence-corrected chi connectivity index (χ4v) is 0.818. The van der Waals surface area contributed by atoms with Crippen molar-refractivity contribution < 1.29 is 18.7 Å². The molecular weight excluding hydrogens is 174 g/mol. The van der Waals surface area contributed by atoms with Crippen LogP contribution in [0.1, 0.15) is 5.76 Å². The summed E-state index contributed by atoms with van der Waals surface area (Å²) in [6.07, 6.45) is 2.67. The molecule has 0 bridgehead atoms. The van der Waals surface area contributed by atoms with Gasteiger partial charge in [0.15, 0.2) is 0 Å². The highest BCUT2D eigenvalue weighted by molar-refractivity contribution is 5.73. The lowest BCUT2D eigenvalue weighted by Gasteiger charge is -1.95. The van der Waals surface area contributed by atoms with E-state index in [4.69, 9.17) is 4.42 Å². The fourth-order valence-electron chi connectivity index (χ4n) is 0.818. The highest BCUT2D eigenvalue weighted by Crippen LogP contribution is 2.20. The number of isocyanates is 1. The van der Waals surface area contributed by atoms with Crippen LogP contribution >= 0.6 is 0 Å². The summed E-state index contributed by atoms with van der Waals surface area (Å²) in [4.78, 5) is 24.1. The SMILES string of the molecule is COC(=O)Cc1occc1N=C=O. The van der Waals surface area contributed by atoms with E-state index >= 15 is 0 Å². The molecule has 0 aliphatic carbocycles. The van der Waals surface area contributed by atoms with E-state index in [1.807, 2.05) is 0 Å². The van der Waals surface area contributed by atoms with Crippen LogP contribution < -0.4 is 0 Å². The van der Waals surface area contributed by atoms with E-state index in [0.29, 0.717) is 11.4 Å². The largest absolute Gasteiger partial charge is 0.469 e. The minimum atomic E-state index is -0.447. The first-order valence-electron chi connectivity index (χ1n) is 3.49. The fraction of sp³-hybridized carbons (Fsp3) is 0.250. The van der Waals surface area contributed by atoms with Crippen LogP contribution in [0, 0.1) is 0 Å². The molecule has 0 fully saturated rings. The Morgan fingerprint density at radius 1 is 1.77 bits per heavy atom. The minimum Gasteiger partial charge on any atom is -0.469 e. The third-order valence-corrected chi connectivity index (χ3v) is 1.42. The maximum absolute atomic E-state index is 10.8. The summed E-state index contributed by atoms with van der Waals surface area (Å²) in [5, 5.41) is 0. The molecule has 0 aliphatic heterocycles. The zero-order valence-electron chi connectivity index (χ0n) is 6.94. The summed E-state index contributed by atoms with van der Waals surface area (Å²) < 4.78 is 9.33. The molecule has 1 aromatic heterocycles. The first-order valence-corrected chi connectivity index (χ1v) is 3.49. The zero-order valence-corrected chi connectivity index (χ0v) is 6.94.